The summed E-state index contributed by atoms with van der Waals surface area (Å²) >= 11 is 0. The van der Waals surface area contributed by atoms with Gasteiger partial charge in [-0.15, -0.1) is 0 Å². The summed E-state index contributed by atoms with van der Waals surface area (Å²) in [5, 5.41) is -0.890. The average molecular weight is 373 g/mol. The second kappa shape index (κ2) is 6.65. The van der Waals surface area contributed by atoms with Gasteiger partial charge in [-0.05, 0) is 57.1 Å². The van der Waals surface area contributed by atoms with Gasteiger partial charge in [0.2, 0.25) is 0 Å². The van der Waals surface area contributed by atoms with Crippen molar-refractivity contribution in [2.24, 2.45) is 0 Å². The third-order valence-corrected chi connectivity index (χ3v) is 8.88. The molecule has 1 aromatic carbocycles. The molecule has 24 heavy (non-hydrogen) atoms. The van der Waals surface area contributed by atoms with Gasteiger partial charge in [0, 0.05) is 6.04 Å². The lowest BCUT2D eigenvalue weighted by Crippen LogP contribution is -2.45. The summed E-state index contributed by atoms with van der Waals surface area (Å²) in [5.74, 6) is 0.254. The zero-order valence-electron chi connectivity index (χ0n) is 13.7. The highest BCUT2D eigenvalue weighted by Crippen LogP contribution is 2.31. The van der Waals surface area contributed by atoms with Gasteiger partial charge in [0.25, 0.3) is 0 Å². The topological polar surface area (TPSA) is 80.8 Å². The molecule has 2 atom stereocenters. The van der Waals surface area contributed by atoms with Gasteiger partial charge in [0.1, 0.15) is 5.75 Å². The normalized spacial score (nSPS) is 27.4. The van der Waals surface area contributed by atoms with Gasteiger partial charge in [-0.3, -0.25) is 4.90 Å². The molecule has 0 aliphatic carbocycles. The molecule has 6 nitrogen and oxygen atoms in total. The van der Waals surface area contributed by atoms with E-state index in [1.54, 1.807) is 12.1 Å². The lowest BCUT2D eigenvalue weighted by Gasteiger charge is -2.27. The summed E-state index contributed by atoms with van der Waals surface area (Å²) < 4.78 is 55.6. The molecule has 134 valence electrons. The third-order valence-electron chi connectivity index (χ3n) is 4.74. The van der Waals surface area contributed by atoms with Crippen LogP contribution < -0.4 is 4.74 Å². The summed E-state index contributed by atoms with van der Waals surface area (Å²) in [4.78, 5) is 2.19. The van der Waals surface area contributed by atoms with Gasteiger partial charge in [-0.1, -0.05) is 0 Å². The quantitative estimate of drug-likeness (QED) is 0.769. The molecule has 0 unspecified atom stereocenters. The molecule has 1 aromatic rings. The molecule has 2 heterocycles. The van der Waals surface area contributed by atoms with Crippen LogP contribution in [0.2, 0.25) is 0 Å². The molecule has 0 spiro atoms. The van der Waals surface area contributed by atoms with Gasteiger partial charge in [-0.2, -0.15) is 0 Å². The molecule has 2 fully saturated rings. The fraction of sp³-hybridized carbons (Fsp3) is 0.625. The highest BCUT2D eigenvalue weighted by molar-refractivity contribution is 7.96. The Bertz CT molecular complexity index is 780. The van der Waals surface area contributed by atoms with Crippen LogP contribution in [0.1, 0.15) is 19.8 Å². The predicted octanol–water partition coefficient (Wildman–Crippen LogP) is 1.12. The first kappa shape index (κ1) is 17.7. The number of rotatable bonds is 5. The first-order valence-electron chi connectivity index (χ1n) is 8.25. The van der Waals surface area contributed by atoms with Crippen LogP contribution in [0.25, 0.3) is 0 Å². The smallest absolute Gasteiger partial charge is 0.183 e. The predicted molar refractivity (Wildman–Crippen MR) is 91.8 cm³/mol. The lowest BCUT2D eigenvalue weighted by atomic mass is 10.2. The van der Waals surface area contributed by atoms with E-state index in [-0.39, 0.29) is 16.4 Å². The van der Waals surface area contributed by atoms with Crippen molar-refractivity contribution in [3.63, 3.8) is 0 Å². The highest BCUT2D eigenvalue weighted by Gasteiger charge is 2.48. The maximum absolute atomic E-state index is 13.0. The first-order chi connectivity index (χ1) is 11.3. The molecule has 0 N–H and O–H groups in total. The summed E-state index contributed by atoms with van der Waals surface area (Å²) in [7, 11) is -7.04. The third kappa shape index (κ3) is 3.45. The van der Waals surface area contributed by atoms with Gasteiger partial charge in [0.15, 0.2) is 19.7 Å². The number of nitrogens with zero attached hydrogens (tertiary/aromatic N) is 1. The Kier molecular flexibility index (Phi) is 4.90. The molecule has 2 aliphatic rings. The Morgan fingerprint density at radius 2 is 1.75 bits per heavy atom. The van der Waals surface area contributed by atoms with Gasteiger partial charge < -0.3 is 4.74 Å². The number of hydrogen-bond acceptors (Lipinski definition) is 6. The minimum atomic E-state index is -3.70. The van der Waals surface area contributed by atoms with E-state index in [1.807, 2.05) is 11.8 Å². The van der Waals surface area contributed by atoms with Crippen LogP contribution in [-0.4, -0.2) is 64.2 Å². The maximum atomic E-state index is 13.0. The standard InChI is InChI=1S/C16H23NO5S2/c1-2-22-13-5-7-14(8-6-13)24(20,21)16-12-23(18,19)11-15(16)17-9-3-4-10-17/h5-8,15-16H,2-4,9-12H2,1H3/t15-,16-/m0/s1. The SMILES string of the molecule is CCOc1ccc(S(=O)(=O)[C@H]2CS(=O)(=O)C[C@@H]2N2CCCC2)cc1. The van der Waals surface area contributed by atoms with Crippen molar-refractivity contribution in [1.29, 1.82) is 0 Å². The van der Waals surface area contributed by atoms with Crippen LogP contribution in [0, 0.1) is 0 Å². The second-order valence-electron chi connectivity index (χ2n) is 6.38. The van der Waals surface area contributed by atoms with Crippen molar-refractivity contribution in [3.8, 4) is 5.75 Å². The van der Waals surface area contributed by atoms with E-state index in [4.69, 9.17) is 4.74 Å². The van der Waals surface area contributed by atoms with Crippen molar-refractivity contribution in [1.82, 2.24) is 4.90 Å². The zero-order valence-corrected chi connectivity index (χ0v) is 15.4. The van der Waals surface area contributed by atoms with E-state index < -0.39 is 31.0 Å². The molecule has 0 radical (unpaired) electrons. The number of benzene rings is 1. The van der Waals surface area contributed by atoms with Gasteiger partial charge in [0.05, 0.1) is 28.3 Å². The Balaban J connectivity index is 1.91. The molecular formula is C16H23NO5S2. The van der Waals surface area contributed by atoms with Crippen molar-refractivity contribution in [2.75, 3.05) is 31.2 Å². The Labute approximate surface area is 143 Å². The summed E-state index contributed by atoms with van der Waals surface area (Å²) in [6.45, 7) is 3.91. The van der Waals surface area contributed by atoms with E-state index in [0.717, 1.165) is 25.9 Å². The average Bonchev–Trinajstić information content (AvgIpc) is 3.15. The summed E-state index contributed by atoms with van der Waals surface area (Å²) in [5.41, 5.74) is 0. The number of hydrogen-bond donors (Lipinski definition) is 0. The molecule has 0 aromatic heterocycles. The number of likely N-dealkylation sites (tertiary alicyclic amines) is 1. The van der Waals surface area contributed by atoms with Gasteiger partial charge in [-0.25, -0.2) is 16.8 Å². The van der Waals surface area contributed by atoms with E-state index in [9.17, 15) is 16.8 Å². The fourth-order valence-corrected chi connectivity index (χ4v) is 8.40. The molecule has 2 aliphatic heterocycles. The molecule has 0 bridgehead atoms. The first-order valence-corrected chi connectivity index (χ1v) is 11.6. The highest BCUT2D eigenvalue weighted by atomic mass is 32.2. The second-order valence-corrected chi connectivity index (χ2v) is 10.7. The molecule has 0 amide bonds. The summed E-state index contributed by atoms with van der Waals surface area (Å²) in [6, 6.07) is 5.81. The van der Waals surface area contributed by atoms with Crippen molar-refractivity contribution < 1.29 is 21.6 Å². The van der Waals surface area contributed by atoms with Crippen LogP contribution in [0.4, 0.5) is 0 Å². The van der Waals surface area contributed by atoms with Crippen molar-refractivity contribution in [3.05, 3.63) is 24.3 Å². The van der Waals surface area contributed by atoms with Crippen LogP contribution in [0.15, 0.2) is 29.2 Å². The Morgan fingerprint density at radius 1 is 1.12 bits per heavy atom. The molecule has 2 saturated heterocycles. The largest absolute Gasteiger partial charge is 0.494 e. The van der Waals surface area contributed by atoms with Gasteiger partial charge >= 0.3 is 0 Å². The van der Waals surface area contributed by atoms with E-state index in [2.05, 4.69) is 0 Å². The van der Waals surface area contributed by atoms with E-state index in [0.29, 0.717) is 12.4 Å². The monoisotopic (exact) mass is 373 g/mol. The van der Waals surface area contributed by atoms with Crippen LogP contribution in [-0.2, 0) is 19.7 Å². The number of sulfone groups is 2. The maximum Gasteiger partial charge on any atom is 0.183 e. The minimum absolute atomic E-state index is 0.0616. The summed E-state index contributed by atoms with van der Waals surface area (Å²) in [6.07, 6.45) is 1.98. The van der Waals surface area contributed by atoms with Crippen LogP contribution in [0.5, 0.6) is 5.75 Å². The van der Waals surface area contributed by atoms with Crippen LogP contribution in [0.3, 0.4) is 0 Å². The zero-order chi connectivity index (χ0) is 17.4. The van der Waals surface area contributed by atoms with E-state index >= 15 is 0 Å². The molecular weight excluding hydrogens is 350 g/mol. The Morgan fingerprint density at radius 3 is 2.33 bits per heavy atom. The molecule has 0 saturated carbocycles. The van der Waals surface area contributed by atoms with E-state index in [1.165, 1.54) is 12.1 Å². The lowest BCUT2D eigenvalue weighted by molar-refractivity contribution is 0.264. The number of ether oxygens (including phenoxy) is 1. The van der Waals surface area contributed by atoms with Crippen molar-refractivity contribution >= 4 is 19.7 Å². The van der Waals surface area contributed by atoms with Crippen LogP contribution >= 0.6 is 0 Å². The molecule has 8 heteroatoms. The minimum Gasteiger partial charge on any atom is -0.494 e. The fourth-order valence-electron chi connectivity index (χ4n) is 3.57. The van der Waals surface area contributed by atoms with Crippen molar-refractivity contribution in [2.45, 2.75) is 36.0 Å². The molecule has 3 rings (SSSR count). The Hall–Kier alpha value is -1.12.